The summed E-state index contributed by atoms with van der Waals surface area (Å²) in [6.45, 7) is 2.88. The molecule has 7 nitrogen and oxygen atoms in total. The third-order valence-electron chi connectivity index (χ3n) is 5.02. The van der Waals surface area contributed by atoms with Gasteiger partial charge in [0.2, 0.25) is 5.82 Å². The highest BCUT2D eigenvalue weighted by atomic mass is 32.1. The van der Waals surface area contributed by atoms with Gasteiger partial charge in [-0.15, -0.1) is 11.3 Å². The molecule has 8 heteroatoms. The molecule has 0 N–H and O–H groups in total. The molecule has 5 rings (SSSR count). The van der Waals surface area contributed by atoms with E-state index in [1.54, 1.807) is 6.20 Å². The molecule has 0 bridgehead atoms. The van der Waals surface area contributed by atoms with Gasteiger partial charge < -0.3 is 14.3 Å². The molecule has 0 saturated carbocycles. The lowest BCUT2D eigenvalue weighted by Crippen LogP contribution is -2.48. The van der Waals surface area contributed by atoms with Gasteiger partial charge in [0, 0.05) is 37.9 Å². The molecule has 150 valence electrons. The molecule has 0 atom stereocenters. The van der Waals surface area contributed by atoms with Crippen LogP contribution in [0.25, 0.3) is 22.2 Å². The molecule has 0 radical (unpaired) electrons. The molecule has 0 spiro atoms. The van der Waals surface area contributed by atoms with Crippen molar-refractivity contribution in [2.24, 2.45) is 0 Å². The van der Waals surface area contributed by atoms with E-state index in [2.05, 4.69) is 20.0 Å². The van der Waals surface area contributed by atoms with Gasteiger partial charge in [-0.05, 0) is 36.4 Å². The van der Waals surface area contributed by atoms with E-state index >= 15 is 0 Å². The minimum absolute atomic E-state index is 0.0405. The van der Waals surface area contributed by atoms with Gasteiger partial charge in [0.05, 0.1) is 9.75 Å². The van der Waals surface area contributed by atoms with Crippen molar-refractivity contribution in [2.45, 2.75) is 0 Å². The Morgan fingerprint density at radius 2 is 1.73 bits per heavy atom. The molecular weight excluding hydrogens is 398 g/mol. The van der Waals surface area contributed by atoms with Gasteiger partial charge in [-0.25, -0.2) is 4.98 Å². The highest BCUT2D eigenvalue weighted by Gasteiger charge is 2.24. The van der Waals surface area contributed by atoms with Crippen molar-refractivity contribution in [3.05, 3.63) is 71.7 Å². The van der Waals surface area contributed by atoms with E-state index in [4.69, 9.17) is 4.52 Å². The maximum absolute atomic E-state index is 13.0. The molecule has 4 heterocycles. The zero-order valence-corrected chi connectivity index (χ0v) is 17.0. The molecule has 1 aromatic carbocycles. The number of pyridine rings is 1. The summed E-state index contributed by atoms with van der Waals surface area (Å²) >= 11 is 1.39. The number of hydrogen-bond acceptors (Lipinski definition) is 7. The summed E-state index contributed by atoms with van der Waals surface area (Å²) in [7, 11) is 0. The van der Waals surface area contributed by atoms with E-state index in [0.717, 1.165) is 29.3 Å². The van der Waals surface area contributed by atoms with Crippen molar-refractivity contribution in [1.29, 1.82) is 0 Å². The number of amides is 1. The van der Waals surface area contributed by atoms with E-state index in [9.17, 15) is 4.79 Å². The van der Waals surface area contributed by atoms with Crippen LogP contribution >= 0.6 is 11.3 Å². The van der Waals surface area contributed by atoms with Crippen molar-refractivity contribution in [3.8, 4) is 22.2 Å². The molecule has 30 heavy (non-hydrogen) atoms. The fourth-order valence-electron chi connectivity index (χ4n) is 3.43. The summed E-state index contributed by atoms with van der Waals surface area (Å²) < 4.78 is 5.38. The second kappa shape index (κ2) is 8.08. The molecule has 1 aliphatic heterocycles. The standard InChI is InChI=1S/C22H19N5O2S/c28-22(27-14-12-26(13-15-27)19-8-4-5-11-23-19)18-10-9-17(30-18)20-24-21(29-25-20)16-6-2-1-3-7-16/h1-11H,12-15H2. The Labute approximate surface area is 177 Å². The lowest BCUT2D eigenvalue weighted by Gasteiger charge is -2.35. The van der Waals surface area contributed by atoms with Gasteiger partial charge in [0.25, 0.3) is 11.8 Å². The fraction of sp³-hybridized carbons (Fsp3) is 0.182. The van der Waals surface area contributed by atoms with Crippen LogP contribution in [0.1, 0.15) is 9.67 Å². The van der Waals surface area contributed by atoms with Gasteiger partial charge in [0.1, 0.15) is 5.82 Å². The highest BCUT2D eigenvalue weighted by Crippen LogP contribution is 2.29. The molecule has 1 amide bonds. The van der Waals surface area contributed by atoms with Crippen LogP contribution in [0.2, 0.25) is 0 Å². The maximum Gasteiger partial charge on any atom is 0.264 e. The SMILES string of the molecule is O=C(c1ccc(-c2noc(-c3ccccc3)n2)s1)N1CCN(c2ccccn2)CC1. The van der Waals surface area contributed by atoms with Crippen LogP contribution in [0.5, 0.6) is 0 Å². The van der Waals surface area contributed by atoms with Gasteiger partial charge in [0.15, 0.2) is 0 Å². The van der Waals surface area contributed by atoms with Crippen molar-refractivity contribution in [1.82, 2.24) is 20.0 Å². The zero-order chi connectivity index (χ0) is 20.3. The second-order valence-corrected chi connectivity index (χ2v) is 8.00. The third-order valence-corrected chi connectivity index (χ3v) is 6.09. The second-order valence-electron chi connectivity index (χ2n) is 6.92. The summed E-state index contributed by atoms with van der Waals surface area (Å²) in [6, 6.07) is 19.2. The first-order chi connectivity index (χ1) is 14.8. The Bertz CT molecular complexity index is 1130. The molecule has 1 aliphatic rings. The normalized spacial score (nSPS) is 14.1. The molecule has 3 aromatic heterocycles. The number of nitrogens with zero attached hydrogens (tertiary/aromatic N) is 5. The molecule has 0 aliphatic carbocycles. The Hall–Kier alpha value is -3.52. The predicted octanol–water partition coefficient (Wildman–Crippen LogP) is 3.82. The van der Waals surface area contributed by atoms with Gasteiger partial charge in [-0.1, -0.05) is 29.4 Å². The van der Waals surface area contributed by atoms with Gasteiger partial charge >= 0.3 is 0 Å². The van der Waals surface area contributed by atoms with Crippen LogP contribution in [0.4, 0.5) is 5.82 Å². The lowest BCUT2D eigenvalue weighted by molar-refractivity contribution is 0.0751. The van der Waals surface area contributed by atoms with E-state index in [1.807, 2.05) is 65.6 Å². The molecule has 4 aromatic rings. The smallest absolute Gasteiger partial charge is 0.264 e. The van der Waals surface area contributed by atoms with Crippen LogP contribution in [0.3, 0.4) is 0 Å². The summed E-state index contributed by atoms with van der Waals surface area (Å²) in [5.41, 5.74) is 0.870. The van der Waals surface area contributed by atoms with E-state index in [1.165, 1.54) is 11.3 Å². The highest BCUT2D eigenvalue weighted by molar-refractivity contribution is 7.17. The minimum Gasteiger partial charge on any atom is -0.353 e. The molecule has 1 fully saturated rings. The Kier molecular flexibility index (Phi) is 4.98. The Morgan fingerprint density at radius 1 is 0.933 bits per heavy atom. The summed E-state index contributed by atoms with van der Waals surface area (Å²) in [4.78, 5) is 27.4. The molecule has 0 unspecified atom stereocenters. The first kappa shape index (κ1) is 18.5. The van der Waals surface area contributed by atoms with E-state index in [0.29, 0.717) is 29.7 Å². The Balaban J connectivity index is 1.26. The maximum atomic E-state index is 13.0. The fourth-order valence-corrected chi connectivity index (χ4v) is 4.33. The number of piperazine rings is 1. The summed E-state index contributed by atoms with van der Waals surface area (Å²) in [5.74, 6) is 1.96. The van der Waals surface area contributed by atoms with E-state index in [-0.39, 0.29) is 5.91 Å². The minimum atomic E-state index is 0.0405. The van der Waals surface area contributed by atoms with E-state index < -0.39 is 0 Å². The number of carbonyl (C=O) groups is 1. The topological polar surface area (TPSA) is 75.4 Å². The number of aromatic nitrogens is 3. The lowest BCUT2D eigenvalue weighted by atomic mass is 10.2. The monoisotopic (exact) mass is 417 g/mol. The van der Waals surface area contributed by atoms with Gasteiger partial charge in [-0.3, -0.25) is 4.79 Å². The van der Waals surface area contributed by atoms with Crippen LogP contribution in [0, 0.1) is 0 Å². The summed E-state index contributed by atoms with van der Waals surface area (Å²) in [6.07, 6.45) is 1.79. The largest absolute Gasteiger partial charge is 0.353 e. The number of hydrogen-bond donors (Lipinski definition) is 0. The molecule has 1 saturated heterocycles. The number of thiophene rings is 1. The zero-order valence-electron chi connectivity index (χ0n) is 16.1. The first-order valence-electron chi connectivity index (χ1n) is 9.72. The van der Waals surface area contributed by atoms with Crippen LogP contribution in [-0.2, 0) is 0 Å². The van der Waals surface area contributed by atoms with Crippen molar-refractivity contribution in [3.63, 3.8) is 0 Å². The van der Waals surface area contributed by atoms with Crippen LogP contribution in [-0.4, -0.2) is 52.1 Å². The third kappa shape index (κ3) is 3.69. The van der Waals surface area contributed by atoms with Crippen molar-refractivity contribution >= 4 is 23.1 Å². The molecular formula is C22H19N5O2S. The average Bonchev–Trinajstić information content (AvgIpc) is 3.50. The quantitative estimate of drug-likeness (QED) is 0.502. The number of rotatable bonds is 4. The van der Waals surface area contributed by atoms with Crippen LogP contribution < -0.4 is 4.90 Å². The number of benzene rings is 1. The van der Waals surface area contributed by atoms with Crippen LogP contribution in [0.15, 0.2) is 71.4 Å². The number of carbonyl (C=O) groups excluding carboxylic acids is 1. The number of anilines is 1. The predicted molar refractivity (Wildman–Crippen MR) is 115 cm³/mol. The van der Waals surface area contributed by atoms with Crippen molar-refractivity contribution in [2.75, 3.05) is 31.1 Å². The van der Waals surface area contributed by atoms with Crippen molar-refractivity contribution < 1.29 is 9.32 Å². The average molecular weight is 417 g/mol. The van der Waals surface area contributed by atoms with Gasteiger partial charge in [-0.2, -0.15) is 4.98 Å². The summed E-state index contributed by atoms with van der Waals surface area (Å²) in [5, 5.41) is 4.08. The first-order valence-corrected chi connectivity index (χ1v) is 10.5. The Morgan fingerprint density at radius 3 is 2.50 bits per heavy atom.